The summed E-state index contributed by atoms with van der Waals surface area (Å²) in [7, 11) is 1.70. The van der Waals surface area contributed by atoms with Crippen molar-refractivity contribution in [1.29, 1.82) is 0 Å². The van der Waals surface area contributed by atoms with Crippen LogP contribution in [-0.2, 0) is 0 Å². The Balaban J connectivity index is 2.09. The lowest BCUT2D eigenvalue weighted by Gasteiger charge is -2.43. The molecule has 1 heterocycles. The number of halogens is 1. The highest BCUT2D eigenvalue weighted by molar-refractivity contribution is 6.33. The van der Waals surface area contributed by atoms with Crippen LogP contribution in [0.1, 0.15) is 45.2 Å². The molecule has 0 saturated carbocycles. The van der Waals surface area contributed by atoms with E-state index >= 15 is 0 Å². The molecule has 2 aromatic carbocycles. The molecule has 0 radical (unpaired) electrons. The standard InChI is InChI=1S/C23H27ClN2O/c1-6-11-26-21-13-22(27-5)17(12-18(21)16(2)14-23(26,3)4)15-25-20-10-8-7-9-19(20)24/h7-10,12-15H,6,11H2,1-5H3. The van der Waals surface area contributed by atoms with Crippen LogP contribution in [-0.4, -0.2) is 25.4 Å². The van der Waals surface area contributed by atoms with E-state index in [-0.39, 0.29) is 5.54 Å². The van der Waals surface area contributed by atoms with E-state index in [0.717, 1.165) is 30.0 Å². The molecule has 2 aromatic rings. The lowest BCUT2D eigenvalue weighted by molar-refractivity contribution is 0.413. The Morgan fingerprint density at radius 3 is 2.63 bits per heavy atom. The van der Waals surface area contributed by atoms with Crippen molar-refractivity contribution < 1.29 is 4.74 Å². The van der Waals surface area contributed by atoms with Crippen LogP contribution in [0.2, 0.25) is 5.02 Å². The Bertz CT molecular complexity index is 899. The van der Waals surface area contributed by atoms with Gasteiger partial charge in [0.2, 0.25) is 0 Å². The number of hydrogen-bond acceptors (Lipinski definition) is 3. The summed E-state index contributed by atoms with van der Waals surface area (Å²) in [5.74, 6) is 0.816. The maximum atomic E-state index is 6.23. The van der Waals surface area contributed by atoms with E-state index in [1.165, 1.54) is 16.8 Å². The summed E-state index contributed by atoms with van der Waals surface area (Å²) in [4.78, 5) is 7.02. The lowest BCUT2D eigenvalue weighted by Crippen LogP contribution is -2.45. The largest absolute Gasteiger partial charge is 0.496 e. The Hall–Kier alpha value is -2.26. The minimum atomic E-state index is -0.0225. The molecule has 0 aromatic heterocycles. The van der Waals surface area contributed by atoms with E-state index in [1.54, 1.807) is 7.11 Å². The third-order valence-corrected chi connectivity index (χ3v) is 5.29. The molecule has 0 bridgehead atoms. The molecule has 0 aliphatic carbocycles. The van der Waals surface area contributed by atoms with Gasteiger partial charge in [0.15, 0.2) is 0 Å². The van der Waals surface area contributed by atoms with Gasteiger partial charge in [0.05, 0.1) is 23.4 Å². The zero-order valence-corrected chi connectivity index (χ0v) is 17.5. The van der Waals surface area contributed by atoms with Crippen molar-refractivity contribution in [2.45, 2.75) is 39.7 Å². The number of anilines is 1. The number of allylic oxidation sites excluding steroid dienone is 1. The highest BCUT2D eigenvalue weighted by Crippen LogP contribution is 2.42. The topological polar surface area (TPSA) is 24.8 Å². The zero-order chi connectivity index (χ0) is 19.6. The number of benzene rings is 2. The normalized spacial score (nSPS) is 15.6. The molecular formula is C23H27ClN2O. The van der Waals surface area contributed by atoms with Gasteiger partial charge in [-0.1, -0.05) is 36.7 Å². The highest BCUT2D eigenvalue weighted by Gasteiger charge is 2.31. The van der Waals surface area contributed by atoms with Crippen molar-refractivity contribution in [3.05, 3.63) is 58.6 Å². The molecule has 3 rings (SSSR count). The van der Waals surface area contributed by atoms with E-state index < -0.39 is 0 Å². The second-order valence-corrected chi connectivity index (χ2v) is 7.86. The number of fused-ring (bicyclic) bond motifs is 1. The molecule has 1 aliphatic heterocycles. The fraction of sp³-hybridized carbons (Fsp3) is 0.348. The van der Waals surface area contributed by atoms with E-state index in [4.69, 9.17) is 16.3 Å². The summed E-state index contributed by atoms with van der Waals surface area (Å²) in [5.41, 5.74) is 5.39. The highest BCUT2D eigenvalue weighted by atomic mass is 35.5. The average molecular weight is 383 g/mol. The van der Waals surface area contributed by atoms with Crippen LogP contribution in [0.4, 0.5) is 11.4 Å². The maximum Gasteiger partial charge on any atom is 0.129 e. The van der Waals surface area contributed by atoms with Gasteiger partial charge in [0.25, 0.3) is 0 Å². The van der Waals surface area contributed by atoms with Crippen LogP contribution in [0.3, 0.4) is 0 Å². The van der Waals surface area contributed by atoms with E-state index in [0.29, 0.717) is 5.02 Å². The van der Waals surface area contributed by atoms with Gasteiger partial charge in [-0.3, -0.25) is 4.99 Å². The van der Waals surface area contributed by atoms with Crippen LogP contribution in [0.15, 0.2) is 47.5 Å². The van der Waals surface area contributed by atoms with Gasteiger partial charge in [-0.25, -0.2) is 0 Å². The van der Waals surface area contributed by atoms with Gasteiger partial charge in [-0.2, -0.15) is 0 Å². The Labute approximate surface area is 167 Å². The molecule has 1 aliphatic rings. The maximum absolute atomic E-state index is 6.23. The number of ether oxygens (including phenoxy) is 1. The van der Waals surface area contributed by atoms with E-state index in [1.807, 2.05) is 30.5 Å². The molecule has 0 spiro atoms. The molecule has 0 fully saturated rings. The SMILES string of the molecule is CCCN1c2cc(OC)c(C=Nc3ccccc3Cl)cc2C(C)=CC1(C)C. The Kier molecular flexibility index (Phi) is 5.61. The van der Waals surface area contributed by atoms with Crippen molar-refractivity contribution in [3.63, 3.8) is 0 Å². The number of para-hydroxylation sites is 1. The van der Waals surface area contributed by atoms with Gasteiger partial charge in [0, 0.05) is 35.6 Å². The van der Waals surface area contributed by atoms with E-state index in [2.05, 4.69) is 55.8 Å². The minimum Gasteiger partial charge on any atom is -0.496 e. The monoisotopic (exact) mass is 382 g/mol. The minimum absolute atomic E-state index is 0.0225. The zero-order valence-electron chi connectivity index (χ0n) is 16.7. The Morgan fingerprint density at radius 2 is 1.96 bits per heavy atom. The van der Waals surface area contributed by atoms with Crippen LogP contribution < -0.4 is 9.64 Å². The first-order chi connectivity index (χ1) is 12.9. The third kappa shape index (κ3) is 3.89. The number of nitrogens with zero attached hydrogens (tertiary/aromatic N) is 2. The van der Waals surface area contributed by atoms with Crippen molar-refractivity contribution in [2.24, 2.45) is 4.99 Å². The molecule has 27 heavy (non-hydrogen) atoms. The molecule has 0 saturated heterocycles. The number of rotatable bonds is 5. The van der Waals surface area contributed by atoms with Crippen LogP contribution in [0.5, 0.6) is 5.75 Å². The summed E-state index contributed by atoms with van der Waals surface area (Å²) in [5, 5.41) is 0.637. The van der Waals surface area contributed by atoms with Gasteiger partial charge in [-0.15, -0.1) is 0 Å². The van der Waals surface area contributed by atoms with Crippen molar-refractivity contribution >= 4 is 34.8 Å². The van der Waals surface area contributed by atoms with Crippen LogP contribution >= 0.6 is 11.6 Å². The van der Waals surface area contributed by atoms with Gasteiger partial charge >= 0.3 is 0 Å². The molecule has 142 valence electrons. The average Bonchev–Trinajstić information content (AvgIpc) is 2.63. The molecule has 0 atom stereocenters. The predicted octanol–water partition coefficient (Wildman–Crippen LogP) is 6.51. The summed E-state index contributed by atoms with van der Waals surface area (Å²) in [6.07, 6.45) is 5.26. The first kappa shape index (κ1) is 19.5. The number of methoxy groups -OCH3 is 1. The molecule has 3 nitrogen and oxygen atoms in total. The summed E-state index contributed by atoms with van der Waals surface area (Å²) in [6, 6.07) is 11.9. The first-order valence-corrected chi connectivity index (χ1v) is 9.73. The first-order valence-electron chi connectivity index (χ1n) is 9.35. The van der Waals surface area contributed by atoms with Gasteiger partial charge in [-0.05, 0) is 51.0 Å². The second kappa shape index (κ2) is 7.77. The molecule has 0 N–H and O–H groups in total. The van der Waals surface area contributed by atoms with Crippen LogP contribution in [0.25, 0.3) is 5.57 Å². The van der Waals surface area contributed by atoms with Crippen molar-refractivity contribution in [3.8, 4) is 5.75 Å². The summed E-state index contributed by atoms with van der Waals surface area (Å²) in [6.45, 7) is 9.90. The second-order valence-electron chi connectivity index (χ2n) is 7.45. The quantitative estimate of drug-likeness (QED) is 0.550. The Morgan fingerprint density at radius 1 is 1.22 bits per heavy atom. The molecule has 0 unspecified atom stereocenters. The summed E-state index contributed by atoms with van der Waals surface area (Å²) >= 11 is 6.23. The fourth-order valence-electron chi connectivity index (χ4n) is 3.73. The van der Waals surface area contributed by atoms with Crippen LogP contribution in [0, 0.1) is 0 Å². The third-order valence-electron chi connectivity index (χ3n) is 4.97. The number of hydrogen-bond donors (Lipinski definition) is 0. The molecule has 4 heteroatoms. The van der Waals surface area contributed by atoms with Crippen molar-refractivity contribution in [1.82, 2.24) is 0 Å². The lowest BCUT2D eigenvalue weighted by atomic mass is 9.87. The van der Waals surface area contributed by atoms with E-state index in [9.17, 15) is 0 Å². The predicted molar refractivity (Wildman–Crippen MR) is 117 cm³/mol. The summed E-state index contributed by atoms with van der Waals surface area (Å²) < 4.78 is 5.69. The van der Waals surface area contributed by atoms with Gasteiger partial charge < -0.3 is 9.64 Å². The van der Waals surface area contributed by atoms with Crippen molar-refractivity contribution in [2.75, 3.05) is 18.6 Å². The molecular weight excluding hydrogens is 356 g/mol. The smallest absolute Gasteiger partial charge is 0.129 e. The van der Waals surface area contributed by atoms with Gasteiger partial charge in [0.1, 0.15) is 5.75 Å². The molecule has 0 amide bonds. The fourth-order valence-corrected chi connectivity index (χ4v) is 3.91. The number of aliphatic imine (C=N–C) groups is 1.